The number of carboxylic acid groups (broad SMARTS) is 1. The molecule has 0 radical (unpaired) electrons. The minimum absolute atomic E-state index is 0.0222. The fraction of sp³-hybridized carbons (Fsp3) is 0.176. The zero-order chi connectivity index (χ0) is 21.4. The summed E-state index contributed by atoms with van der Waals surface area (Å²) in [6, 6.07) is 7.33. The molecule has 0 unspecified atom stereocenters. The Labute approximate surface area is 172 Å². The second-order valence-electron chi connectivity index (χ2n) is 5.85. The molecule has 0 amide bonds. The van der Waals surface area contributed by atoms with Gasteiger partial charge in [0.1, 0.15) is 9.83 Å². The van der Waals surface area contributed by atoms with Crippen molar-refractivity contribution in [1.82, 2.24) is 4.98 Å². The number of sulfonamides is 1. The number of aromatic nitrogens is 1. The van der Waals surface area contributed by atoms with Crippen LogP contribution in [-0.2, 0) is 10.0 Å². The fourth-order valence-electron chi connectivity index (χ4n) is 2.51. The minimum Gasteiger partial charge on any atom is -0.478 e. The third-order valence-corrected chi connectivity index (χ3v) is 7.46. The summed E-state index contributed by atoms with van der Waals surface area (Å²) in [5, 5.41) is 9.25. The third-order valence-electron chi connectivity index (χ3n) is 3.90. The molecule has 1 aromatic carbocycles. The Morgan fingerprint density at radius 3 is 2.41 bits per heavy atom. The molecule has 0 saturated carbocycles. The van der Waals surface area contributed by atoms with Crippen molar-refractivity contribution in [3.05, 3.63) is 53.2 Å². The molecular weight excluding hydrogens is 453 g/mol. The number of alkyl halides is 3. The number of anilines is 1. The lowest BCUT2D eigenvalue weighted by atomic mass is 10.2. The number of rotatable bonds is 6. The van der Waals surface area contributed by atoms with E-state index in [0.29, 0.717) is 14.5 Å². The van der Waals surface area contributed by atoms with Gasteiger partial charge in [-0.1, -0.05) is 22.9 Å². The zero-order valence-electron chi connectivity index (χ0n) is 14.4. The van der Waals surface area contributed by atoms with Gasteiger partial charge in [-0.15, -0.1) is 0 Å². The molecule has 3 aromatic rings. The van der Waals surface area contributed by atoms with Crippen LogP contribution >= 0.6 is 22.9 Å². The first kappa shape index (κ1) is 21.3. The van der Waals surface area contributed by atoms with E-state index in [9.17, 15) is 26.4 Å². The van der Waals surface area contributed by atoms with E-state index in [1.54, 1.807) is 12.1 Å². The summed E-state index contributed by atoms with van der Waals surface area (Å²) < 4.78 is 65.3. The van der Waals surface area contributed by atoms with Gasteiger partial charge in [0.05, 0.1) is 21.9 Å². The maximum Gasteiger partial charge on any atom is 0.390 e. The van der Waals surface area contributed by atoms with Gasteiger partial charge in [-0.3, -0.25) is 4.31 Å². The number of aromatic carboxylic acids is 1. The van der Waals surface area contributed by atoms with E-state index in [-0.39, 0.29) is 20.5 Å². The molecule has 0 aliphatic heterocycles. The van der Waals surface area contributed by atoms with Crippen LogP contribution in [0.5, 0.6) is 0 Å². The molecule has 3 rings (SSSR count). The number of nitrogens with zero attached hydrogens (tertiary/aromatic N) is 2. The van der Waals surface area contributed by atoms with Gasteiger partial charge in [-0.2, -0.15) is 13.2 Å². The third kappa shape index (κ3) is 4.46. The molecule has 0 atom stereocenters. The number of halogens is 4. The number of carboxylic acids is 1. The van der Waals surface area contributed by atoms with Crippen LogP contribution in [-0.4, -0.2) is 37.2 Å². The van der Waals surface area contributed by atoms with E-state index >= 15 is 0 Å². The van der Waals surface area contributed by atoms with Crippen molar-refractivity contribution < 1.29 is 31.5 Å². The van der Waals surface area contributed by atoms with Gasteiger partial charge in [-0.25, -0.2) is 18.2 Å². The molecule has 29 heavy (non-hydrogen) atoms. The SMILES string of the molecule is O=C(O)c1ccc(S(=O)(=O)N(CCC(F)(F)F)c2sc3ncccc3c2Cl)cc1. The highest BCUT2D eigenvalue weighted by Gasteiger charge is 2.34. The summed E-state index contributed by atoms with van der Waals surface area (Å²) in [7, 11) is -4.45. The van der Waals surface area contributed by atoms with Crippen LogP contribution in [0, 0.1) is 0 Å². The molecule has 0 fully saturated rings. The Morgan fingerprint density at radius 1 is 1.21 bits per heavy atom. The van der Waals surface area contributed by atoms with Gasteiger partial charge in [0.15, 0.2) is 0 Å². The highest BCUT2D eigenvalue weighted by Crippen LogP contribution is 2.43. The molecular formula is C17H12ClF3N2O4S2. The minimum atomic E-state index is -4.59. The van der Waals surface area contributed by atoms with Gasteiger partial charge in [-0.05, 0) is 36.4 Å². The van der Waals surface area contributed by atoms with E-state index < -0.39 is 35.1 Å². The lowest BCUT2D eigenvalue weighted by Crippen LogP contribution is -2.34. The summed E-state index contributed by atoms with van der Waals surface area (Å²) in [6.07, 6.45) is -4.53. The number of benzene rings is 1. The molecule has 0 saturated heterocycles. The molecule has 154 valence electrons. The van der Waals surface area contributed by atoms with Crippen LogP contribution in [0.25, 0.3) is 10.2 Å². The van der Waals surface area contributed by atoms with Crippen LogP contribution in [0.2, 0.25) is 5.02 Å². The number of hydrogen-bond acceptors (Lipinski definition) is 5. The van der Waals surface area contributed by atoms with Crippen LogP contribution in [0.1, 0.15) is 16.8 Å². The molecule has 0 aliphatic carbocycles. The van der Waals surface area contributed by atoms with Crippen molar-refractivity contribution in [2.45, 2.75) is 17.5 Å². The first-order chi connectivity index (χ1) is 13.5. The zero-order valence-corrected chi connectivity index (χ0v) is 16.7. The molecule has 6 nitrogen and oxygen atoms in total. The first-order valence-corrected chi connectivity index (χ1v) is 10.6. The summed E-state index contributed by atoms with van der Waals surface area (Å²) in [4.78, 5) is 15.1. The summed E-state index contributed by atoms with van der Waals surface area (Å²) in [5.74, 6) is -1.26. The van der Waals surface area contributed by atoms with Crippen molar-refractivity contribution in [3.63, 3.8) is 0 Å². The molecule has 0 bridgehead atoms. The molecule has 12 heteroatoms. The summed E-state index contributed by atoms with van der Waals surface area (Å²) in [5.41, 5.74) is -0.158. The Balaban J connectivity index is 2.11. The molecule has 0 aliphatic rings. The molecule has 2 heterocycles. The lowest BCUT2D eigenvalue weighted by molar-refractivity contribution is -0.131. The van der Waals surface area contributed by atoms with Gasteiger partial charge < -0.3 is 5.11 Å². The first-order valence-electron chi connectivity index (χ1n) is 7.96. The molecule has 1 N–H and O–H groups in total. The predicted octanol–water partition coefficient (Wildman–Crippen LogP) is 4.80. The van der Waals surface area contributed by atoms with Crippen molar-refractivity contribution >= 4 is 54.1 Å². The highest BCUT2D eigenvalue weighted by atomic mass is 35.5. The average molecular weight is 465 g/mol. The Morgan fingerprint density at radius 2 is 1.86 bits per heavy atom. The lowest BCUT2D eigenvalue weighted by Gasteiger charge is -2.24. The van der Waals surface area contributed by atoms with E-state index in [4.69, 9.17) is 16.7 Å². The van der Waals surface area contributed by atoms with Crippen molar-refractivity contribution in [2.75, 3.05) is 10.8 Å². The summed E-state index contributed by atoms with van der Waals surface area (Å²) in [6.45, 7) is -0.890. The van der Waals surface area contributed by atoms with E-state index in [1.165, 1.54) is 6.20 Å². The van der Waals surface area contributed by atoms with E-state index in [0.717, 1.165) is 35.6 Å². The van der Waals surface area contributed by atoms with Crippen molar-refractivity contribution in [3.8, 4) is 0 Å². The normalized spacial score (nSPS) is 12.3. The maximum absolute atomic E-state index is 13.1. The van der Waals surface area contributed by atoms with Crippen molar-refractivity contribution in [2.24, 2.45) is 0 Å². The number of carbonyl (C=O) groups is 1. The van der Waals surface area contributed by atoms with E-state index in [1.807, 2.05) is 0 Å². The average Bonchev–Trinajstić information content (AvgIpc) is 2.97. The fourth-order valence-corrected chi connectivity index (χ4v) is 5.73. The second kappa shape index (κ2) is 7.81. The standard InChI is InChI=1S/C17H12ClF3N2O4S2/c18-13-12-2-1-8-22-14(12)28-15(13)23(9-7-17(19,20)21)29(26,27)11-5-3-10(4-6-11)16(24)25/h1-6,8H,7,9H2,(H,24,25). The maximum atomic E-state index is 13.1. The quantitative estimate of drug-likeness (QED) is 0.566. The van der Waals surface area contributed by atoms with Crippen LogP contribution in [0.4, 0.5) is 18.2 Å². The largest absolute Gasteiger partial charge is 0.478 e. The van der Waals surface area contributed by atoms with Crippen molar-refractivity contribution in [1.29, 1.82) is 0 Å². The Kier molecular flexibility index (Phi) is 5.74. The summed E-state index contributed by atoms with van der Waals surface area (Å²) >= 11 is 7.12. The van der Waals surface area contributed by atoms with Gasteiger partial charge >= 0.3 is 12.1 Å². The van der Waals surface area contributed by atoms with E-state index in [2.05, 4.69) is 4.98 Å². The van der Waals surface area contributed by atoms with Crippen LogP contribution < -0.4 is 4.31 Å². The second-order valence-corrected chi connectivity index (χ2v) is 9.07. The van der Waals surface area contributed by atoms with Gasteiger partial charge in [0, 0.05) is 18.1 Å². The number of hydrogen-bond donors (Lipinski definition) is 1. The Bertz CT molecular complexity index is 1160. The van der Waals surface area contributed by atoms with Crippen LogP contribution in [0.3, 0.4) is 0 Å². The van der Waals surface area contributed by atoms with Gasteiger partial charge in [0.2, 0.25) is 0 Å². The molecule has 0 spiro atoms. The number of fused-ring (bicyclic) bond motifs is 1. The number of pyridine rings is 1. The molecule has 2 aromatic heterocycles. The Hall–Kier alpha value is -2.37. The number of thiophene rings is 1. The predicted molar refractivity (Wildman–Crippen MR) is 103 cm³/mol. The highest BCUT2D eigenvalue weighted by molar-refractivity contribution is 7.93. The smallest absolute Gasteiger partial charge is 0.390 e. The monoisotopic (exact) mass is 464 g/mol. The van der Waals surface area contributed by atoms with Gasteiger partial charge in [0.25, 0.3) is 10.0 Å². The topological polar surface area (TPSA) is 87.6 Å². The van der Waals surface area contributed by atoms with Crippen LogP contribution in [0.15, 0.2) is 47.5 Å².